The van der Waals surface area contributed by atoms with Crippen molar-refractivity contribution in [3.8, 4) is 0 Å². The minimum Gasteiger partial charge on any atom is -0.334 e. The summed E-state index contributed by atoms with van der Waals surface area (Å²) in [4.78, 5) is 12.6. The highest BCUT2D eigenvalue weighted by molar-refractivity contribution is 7.99. The molecule has 5 nitrogen and oxygen atoms in total. The molecule has 9 heteroatoms. The number of aromatic nitrogens is 2. The molecule has 2 amide bonds. The molecule has 0 radical (unpaired) electrons. The van der Waals surface area contributed by atoms with Crippen LogP contribution in [0, 0.1) is 0 Å². The second-order valence-corrected chi connectivity index (χ2v) is 6.65. The molecule has 0 saturated heterocycles. The predicted molar refractivity (Wildman–Crippen MR) is 96.5 cm³/mol. The topological polar surface area (TPSA) is 69.8 Å². The molecule has 3 rings (SSSR count). The first-order chi connectivity index (χ1) is 12.9. The zero-order valence-electron chi connectivity index (χ0n) is 13.9. The van der Waals surface area contributed by atoms with E-state index in [0.717, 1.165) is 23.4 Å². The van der Waals surface area contributed by atoms with Crippen LogP contribution in [-0.2, 0) is 12.7 Å². The molecular formula is C18H15F3N4OS. The lowest BCUT2D eigenvalue weighted by Gasteiger charge is -2.12. The maximum atomic E-state index is 13.1. The Bertz CT molecular complexity index is 896. The number of amides is 2. The largest absolute Gasteiger partial charge is 0.417 e. The standard InChI is InChI=1S/C18H15F3N4OS/c19-18(20,21)15-3-1-2-4-16(15)27-14-7-5-13(6-8-14)25-17(26)22-9-12-10-23-24-11-12/h1-8,10-11H,9H2,(H,23,24)(H2,22,25,26). The van der Waals surface area contributed by atoms with E-state index in [-0.39, 0.29) is 10.9 Å². The van der Waals surface area contributed by atoms with Crippen LogP contribution in [-0.4, -0.2) is 16.2 Å². The fourth-order valence-corrected chi connectivity index (χ4v) is 3.22. The van der Waals surface area contributed by atoms with Crippen LogP contribution in [0.4, 0.5) is 23.7 Å². The van der Waals surface area contributed by atoms with Crippen LogP contribution in [0.3, 0.4) is 0 Å². The molecule has 0 saturated carbocycles. The van der Waals surface area contributed by atoms with Gasteiger partial charge in [-0.15, -0.1) is 0 Å². The molecule has 1 heterocycles. The maximum absolute atomic E-state index is 13.1. The van der Waals surface area contributed by atoms with Gasteiger partial charge in [0.2, 0.25) is 0 Å². The van der Waals surface area contributed by atoms with E-state index in [1.54, 1.807) is 42.7 Å². The van der Waals surface area contributed by atoms with Gasteiger partial charge in [0.1, 0.15) is 0 Å². The van der Waals surface area contributed by atoms with Gasteiger partial charge in [-0.25, -0.2) is 4.79 Å². The monoisotopic (exact) mass is 392 g/mol. The van der Waals surface area contributed by atoms with Crippen LogP contribution in [0.1, 0.15) is 11.1 Å². The predicted octanol–water partition coefficient (Wildman–Crippen LogP) is 4.90. The Morgan fingerprint density at radius 3 is 2.52 bits per heavy atom. The van der Waals surface area contributed by atoms with E-state index in [2.05, 4.69) is 20.8 Å². The van der Waals surface area contributed by atoms with Crippen molar-refractivity contribution in [2.24, 2.45) is 0 Å². The van der Waals surface area contributed by atoms with Crippen LogP contribution >= 0.6 is 11.8 Å². The first-order valence-electron chi connectivity index (χ1n) is 7.88. The molecule has 2 aromatic carbocycles. The average molecular weight is 392 g/mol. The molecule has 3 aromatic rings. The smallest absolute Gasteiger partial charge is 0.334 e. The van der Waals surface area contributed by atoms with Gasteiger partial charge in [0, 0.05) is 33.8 Å². The number of aromatic amines is 1. The van der Waals surface area contributed by atoms with Crippen LogP contribution in [0.25, 0.3) is 0 Å². The molecule has 1 aromatic heterocycles. The minimum atomic E-state index is -4.40. The zero-order chi connectivity index (χ0) is 19.3. The Balaban J connectivity index is 1.60. The summed E-state index contributed by atoms with van der Waals surface area (Å²) in [6.07, 6.45) is -1.13. The summed E-state index contributed by atoms with van der Waals surface area (Å²) in [7, 11) is 0. The maximum Gasteiger partial charge on any atom is 0.417 e. The number of halogens is 3. The van der Waals surface area contributed by atoms with E-state index < -0.39 is 11.7 Å². The van der Waals surface area contributed by atoms with E-state index >= 15 is 0 Å². The van der Waals surface area contributed by atoms with Crippen molar-refractivity contribution in [1.29, 1.82) is 0 Å². The summed E-state index contributed by atoms with van der Waals surface area (Å²) in [6, 6.07) is 11.6. The third kappa shape index (κ3) is 5.27. The lowest BCUT2D eigenvalue weighted by Crippen LogP contribution is -2.27. The number of carbonyl (C=O) groups excluding carboxylic acids is 1. The van der Waals surface area contributed by atoms with Crippen molar-refractivity contribution in [1.82, 2.24) is 15.5 Å². The van der Waals surface area contributed by atoms with E-state index in [9.17, 15) is 18.0 Å². The van der Waals surface area contributed by atoms with Gasteiger partial charge in [-0.2, -0.15) is 18.3 Å². The Morgan fingerprint density at radius 1 is 1.11 bits per heavy atom. The lowest BCUT2D eigenvalue weighted by molar-refractivity contribution is -0.139. The van der Waals surface area contributed by atoms with Crippen molar-refractivity contribution in [3.05, 3.63) is 72.1 Å². The highest BCUT2D eigenvalue weighted by Crippen LogP contribution is 2.39. The summed E-state index contributed by atoms with van der Waals surface area (Å²) < 4.78 is 39.2. The van der Waals surface area contributed by atoms with Crippen molar-refractivity contribution in [2.45, 2.75) is 22.5 Å². The summed E-state index contributed by atoms with van der Waals surface area (Å²) in [5, 5.41) is 11.8. The average Bonchev–Trinajstić information content (AvgIpc) is 3.15. The number of rotatable bonds is 5. The van der Waals surface area contributed by atoms with Crippen molar-refractivity contribution < 1.29 is 18.0 Å². The number of hydrogen-bond donors (Lipinski definition) is 3. The first-order valence-corrected chi connectivity index (χ1v) is 8.70. The number of hydrogen-bond acceptors (Lipinski definition) is 3. The molecule has 0 aliphatic heterocycles. The molecule has 0 unspecified atom stereocenters. The number of H-pyrrole nitrogens is 1. The zero-order valence-corrected chi connectivity index (χ0v) is 14.7. The number of anilines is 1. The van der Waals surface area contributed by atoms with Crippen molar-refractivity contribution in [3.63, 3.8) is 0 Å². The van der Waals surface area contributed by atoms with Gasteiger partial charge in [0.05, 0.1) is 11.8 Å². The normalized spacial score (nSPS) is 11.2. The van der Waals surface area contributed by atoms with Gasteiger partial charge in [-0.3, -0.25) is 5.10 Å². The molecule has 140 valence electrons. The van der Waals surface area contributed by atoms with Gasteiger partial charge >= 0.3 is 12.2 Å². The molecule has 0 spiro atoms. The molecule has 0 aliphatic rings. The summed E-state index contributed by atoms with van der Waals surface area (Å²) in [5.74, 6) is 0. The number of urea groups is 1. The fraction of sp³-hybridized carbons (Fsp3) is 0.111. The van der Waals surface area contributed by atoms with Gasteiger partial charge in [0.25, 0.3) is 0 Å². The highest BCUT2D eigenvalue weighted by Gasteiger charge is 2.33. The number of nitrogens with zero attached hydrogens (tertiary/aromatic N) is 1. The van der Waals surface area contributed by atoms with Gasteiger partial charge < -0.3 is 10.6 Å². The SMILES string of the molecule is O=C(NCc1cn[nH]c1)Nc1ccc(Sc2ccccc2C(F)(F)F)cc1. The van der Waals surface area contributed by atoms with Crippen LogP contribution in [0.15, 0.2) is 70.7 Å². The molecule has 0 aliphatic carbocycles. The van der Waals surface area contributed by atoms with E-state index in [4.69, 9.17) is 0 Å². The molecule has 27 heavy (non-hydrogen) atoms. The summed E-state index contributed by atoms with van der Waals surface area (Å²) >= 11 is 1.02. The van der Waals surface area contributed by atoms with E-state index in [1.165, 1.54) is 12.1 Å². The molecule has 0 fully saturated rings. The number of benzene rings is 2. The molecule has 3 N–H and O–H groups in total. The lowest BCUT2D eigenvalue weighted by atomic mass is 10.2. The van der Waals surface area contributed by atoms with Crippen molar-refractivity contribution in [2.75, 3.05) is 5.32 Å². The second kappa shape index (κ2) is 8.17. The van der Waals surface area contributed by atoms with Crippen molar-refractivity contribution >= 4 is 23.5 Å². The fourth-order valence-electron chi connectivity index (χ4n) is 2.26. The van der Waals surface area contributed by atoms with Gasteiger partial charge in [-0.1, -0.05) is 23.9 Å². The summed E-state index contributed by atoms with van der Waals surface area (Å²) in [6.45, 7) is 0.324. The number of alkyl halides is 3. The quantitative estimate of drug-likeness (QED) is 0.578. The summed E-state index contributed by atoms with van der Waals surface area (Å²) in [5.41, 5.74) is 0.698. The number of carbonyl (C=O) groups is 1. The minimum absolute atomic E-state index is 0.128. The molecular weight excluding hydrogens is 377 g/mol. The van der Waals surface area contributed by atoms with Gasteiger partial charge in [-0.05, 0) is 36.4 Å². The van der Waals surface area contributed by atoms with E-state index in [0.29, 0.717) is 17.1 Å². The Labute approximate surface area is 157 Å². The molecule has 0 atom stereocenters. The highest BCUT2D eigenvalue weighted by atomic mass is 32.2. The van der Waals surface area contributed by atoms with Crippen LogP contribution in [0.5, 0.6) is 0 Å². The van der Waals surface area contributed by atoms with Crippen LogP contribution in [0.2, 0.25) is 0 Å². The Morgan fingerprint density at radius 2 is 1.85 bits per heavy atom. The third-order valence-corrected chi connectivity index (χ3v) is 4.62. The van der Waals surface area contributed by atoms with E-state index in [1.807, 2.05) is 0 Å². The third-order valence-electron chi connectivity index (χ3n) is 3.54. The number of nitrogens with one attached hydrogen (secondary N) is 3. The van der Waals surface area contributed by atoms with Gasteiger partial charge in [0.15, 0.2) is 0 Å². The first kappa shape index (κ1) is 18.8. The second-order valence-electron chi connectivity index (χ2n) is 5.53. The molecule has 0 bridgehead atoms. The Kier molecular flexibility index (Phi) is 5.70. The van der Waals surface area contributed by atoms with Crippen LogP contribution < -0.4 is 10.6 Å². The Hall–Kier alpha value is -2.94.